The van der Waals surface area contributed by atoms with E-state index in [2.05, 4.69) is 25.3 Å². The van der Waals surface area contributed by atoms with Gasteiger partial charge in [-0.3, -0.25) is 10.00 Å². The average molecular weight is 392 g/mol. The summed E-state index contributed by atoms with van der Waals surface area (Å²) in [4.78, 5) is 10.1. The number of aromatic amines is 1. The zero-order chi connectivity index (χ0) is 19.8. The summed E-state index contributed by atoms with van der Waals surface area (Å²) in [5, 5.41) is 10.6. The number of benzene rings is 1. The zero-order valence-electron chi connectivity index (χ0n) is 15.2. The van der Waals surface area contributed by atoms with E-state index >= 15 is 0 Å². The molecule has 4 rings (SSSR count). The maximum absolute atomic E-state index is 14.1. The number of aromatic nitrogens is 5. The van der Waals surface area contributed by atoms with Gasteiger partial charge < -0.3 is 4.52 Å². The van der Waals surface area contributed by atoms with Crippen molar-refractivity contribution in [2.24, 2.45) is 0 Å². The lowest BCUT2D eigenvalue weighted by Crippen LogP contribution is -2.45. The molecule has 10 heteroatoms. The number of halogens is 3. The van der Waals surface area contributed by atoms with Crippen LogP contribution in [0.15, 0.2) is 34.9 Å². The predicted octanol–water partition coefficient (Wildman–Crippen LogP) is 3.12. The fourth-order valence-corrected chi connectivity index (χ4v) is 3.45. The van der Waals surface area contributed by atoms with Gasteiger partial charge >= 0.3 is 6.18 Å². The molecule has 148 valence electrons. The minimum absolute atomic E-state index is 0.151. The third-order valence-electron chi connectivity index (χ3n) is 5.03. The van der Waals surface area contributed by atoms with Crippen LogP contribution in [0.2, 0.25) is 0 Å². The van der Waals surface area contributed by atoms with E-state index in [1.54, 1.807) is 29.2 Å². The van der Waals surface area contributed by atoms with E-state index in [1.807, 2.05) is 13.0 Å². The number of alkyl halides is 3. The van der Waals surface area contributed by atoms with Gasteiger partial charge in [0.2, 0.25) is 11.7 Å². The summed E-state index contributed by atoms with van der Waals surface area (Å²) in [5.74, 6) is 0.944. The van der Waals surface area contributed by atoms with Gasteiger partial charge in [0, 0.05) is 25.1 Å². The maximum atomic E-state index is 14.1. The topological polar surface area (TPSA) is 83.7 Å². The van der Waals surface area contributed by atoms with E-state index in [9.17, 15) is 13.2 Å². The second-order valence-electron chi connectivity index (χ2n) is 6.88. The Morgan fingerprint density at radius 1 is 1.21 bits per heavy atom. The molecule has 0 amide bonds. The Bertz CT molecular complexity index is 938. The molecule has 3 heterocycles. The molecule has 1 saturated heterocycles. The normalized spacial score (nSPS) is 20.7. The van der Waals surface area contributed by atoms with Crippen LogP contribution in [0, 0.1) is 0 Å². The Kier molecular flexibility index (Phi) is 4.66. The molecule has 0 aliphatic carbocycles. The van der Waals surface area contributed by atoms with Crippen LogP contribution in [-0.4, -0.2) is 49.5 Å². The number of aryl methyl sites for hydroxylation is 1. The van der Waals surface area contributed by atoms with Crippen LogP contribution in [0.25, 0.3) is 11.4 Å². The third-order valence-corrected chi connectivity index (χ3v) is 5.03. The van der Waals surface area contributed by atoms with Crippen LogP contribution in [0.4, 0.5) is 13.2 Å². The van der Waals surface area contributed by atoms with Crippen LogP contribution < -0.4 is 0 Å². The molecule has 1 unspecified atom stereocenters. The van der Waals surface area contributed by atoms with Crippen molar-refractivity contribution in [3.8, 4) is 11.4 Å². The Morgan fingerprint density at radius 3 is 2.68 bits per heavy atom. The Hall–Kier alpha value is -2.75. The Balaban J connectivity index is 1.59. The summed E-state index contributed by atoms with van der Waals surface area (Å²) in [7, 11) is 0. The lowest BCUT2D eigenvalue weighted by atomic mass is 9.86. The number of nitrogens with one attached hydrogen (secondary N) is 1. The van der Waals surface area contributed by atoms with Crippen molar-refractivity contribution in [3.63, 3.8) is 0 Å². The number of hydrogen-bond acceptors (Lipinski definition) is 6. The number of hydrogen-bond donors (Lipinski definition) is 1. The standard InChI is InChI=1S/C18H19F3N6O/c1-2-13-22-14(25-24-13)10-27-9-8-17(11-27,18(19,20)21)16-23-15(26-28-16)12-6-4-3-5-7-12/h3-7H,2,8-11H2,1H3,(H,22,24,25). The van der Waals surface area contributed by atoms with Crippen LogP contribution in [0.1, 0.15) is 30.9 Å². The van der Waals surface area contributed by atoms with E-state index in [4.69, 9.17) is 4.52 Å². The van der Waals surface area contributed by atoms with E-state index in [-0.39, 0.29) is 31.9 Å². The molecule has 1 aliphatic rings. The molecule has 1 fully saturated rings. The van der Waals surface area contributed by atoms with E-state index < -0.39 is 17.5 Å². The van der Waals surface area contributed by atoms with Crippen molar-refractivity contribution < 1.29 is 17.7 Å². The molecular formula is C18H19F3N6O. The van der Waals surface area contributed by atoms with E-state index in [0.717, 1.165) is 0 Å². The first-order valence-electron chi connectivity index (χ1n) is 9.00. The molecule has 1 aromatic carbocycles. The number of rotatable bonds is 5. The van der Waals surface area contributed by atoms with Gasteiger partial charge in [-0.15, -0.1) is 0 Å². The van der Waals surface area contributed by atoms with Crippen molar-refractivity contribution in [1.29, 1.82) is 0 Å². The van der Waals surface area contributed by atoms with Crippen molar-refractivity contribution in [1.82, 2.24) is 30.2 Å². The van der Waals surface area contributed by atoms with Crippen molar-refractivity contribution in [3.05, 3.63) is 47.9 Å². The molecule has 28 heavy (non-hydrogen) atoms. The monoisotopic (exact) mass is 392 g/mol. The summed E-state index contributed by atoms with van der Waals surface area (Å²) in [6.07, 6.45) is -4.01. The first-order chi connectivity index (χ1) is 13.4. The van der Waals surface area contributed by atoms with Crippen LogP contribution in [-0.2, 0) is 18.4 Å². The molecule has 1 atom stereocenters. The molecule has 1 N–H and O–H groups in total. The van der Waals surface area contributed by atoms with Crippen molar-refractivity contribution in [2.75, 3.05) is 13.1 Å². The highest BCUT2D eigenvalue weighted by atomic mass is 19.4. The highest BCUT2D eigenvalue weighted by molar-refractivity contribution is 5.53. The lowest BCUT2D eigenvalue weighted by Gasteiger charge is -2.27. The molecule has 3 aromatic rings. The largest absolute Gasteiger partial charge is 0.404 e. The minimum Gasteiger partial charge on any atom is -0.338 e. The van der Waals surface area contributed by atoms with Crippen molar-refractivity contribution in [2.45, 2.75) is 37.9 Å². The first-order valence-corrected chi connectivity index (χ1v) is 9.00. The number of H-pyrrole nitrogens is 1. The summed E-state index contributed by atoms with van der Waals surface area (Å²) in [6, 6.07) is 8.80. The molecule has 2 aromatic heterocycles. The quantitative estimate of drug-likeness (QED) is 0.718. The smallest absolute Gasteiger partial charge is 0.338 e. The average Bonchev–Trinajstić information content (AvgIpc) is 3.42. The van der Waals surface area contributed by atoms with Crippen LogP contribution >= 0.6 is 0 Å². The van der Waals surface area contributed by atoms with Crippen LogP contribution in [0.5, 0.6) is 0 Å². The molecule has 0 saturated carbocycles. The maximum Gasteiger partial charge on any atom is 0.404 e. The minimum atomic E-state index is -4.52. The number of nitrogens with zero attached hydrogens (tertiary/aromatic N) is 5. The summed E-state index contributed by atoms with van der Waals surface area (Å²) in [6.45, 7) is 2.14. The molecule has 0 spiro atoms. The summed E-state index contributed by atoms with van der Waals surface area (Å²) >= 11 is 0. The fourth-order valence-electron chi connectivity index (χ4n) is 3.45. The van der Waals surface area contributed by atoms with Gasteiger partial charge in [0.15, 0.2) is 5.41 Å². The predicted molar refractivity (Wildman–Crippen MR) is 93.1 cm³/mol. The Labute approximate surface area is 159 Å². The lowest BCUT2D eigenvalue weighted by molar-refractivity contribution is -0.193. The van der Waals surface area contributed by atoms with Gasteiger partial charge in [0.25, 0.3) is 0 Å². The SMILES string of the molecule is CCc1n[nH]c(CN2CCC(c3nc(-c4ccccc4)no3)(C(F)(F)F)C2)n1. The van der Waals surface area contributed by atoms with Gasteiger partial charge in [0.1, 0.15) is 11.6 Å². The molecule has 7 nitrogen and oxygen atoms in total. The third kappa shape index (κ3) is 3.28. The van der Waals surface area contributed by atoms with Gasteiger partial charge in [-0.1, -0.05) is 42.4 Å². The summed E-state index contributed by atoms with van der Waals surface area (Å²) in [5.41, 5.74) is -1.58. The molecule has 0 radical (unpaired) electrons. The van der Waals surface area contributed by atoms with Gasteiger partial charge in [0.05, 0.1) is 6.54 Å². The highest BCUT2D eigenvalue weighted by Gasteiger charge is 2.62. The van der Waals surface area contributed by atoms with Crippen LogP contribution in [0.3, 0.4) is 0 Å². The van der Waals surface area contributed by atoms with Gasteiger partial charge in [-0.05, 0) is 6.42 Å². The second-order valence-corrected chi connectivity index (χ2v) is 6.88. The molecular weight excluding hydrogens is 373 g/mol. The summed E-state index contributed by atoms with van der Waals surface area (Å²) < 4.78 is 47.4. The second kappa shape index (κ2) is 7.01. The fraction of sp³-hybridized carbons (Fsp3) is 0.444. The van der Waals surface area contributed by atoms with E-state index in [1.165, 1.54) is 0 Å². The van der Waals surface area contributed by atoms with Gasteiger partial charge in [-0.2, -0.15) is 23.3 Å². The molecule has 0 bridgehead atoms. The van der Waals surface area contributed by atoms with Crippen molar-refractivity contribution >= 4 is 0 Å². The zero-order valence-corrected chi connectivity index (χ0v) is 15.2. The first kappa shape index (κ1) is 18.6. The molecule has 1 aliphatic heterocycles. The Morgan fingerprint density at radius 2 is 2.00 bits per heavy atom. The van der Waals surface area contributed by atoms with E-state index in [0.29, 0.717) is 23.6 Å². The van der Waals surface area contributed by atoms with Gasteiger partial charge in [-0.25, -0.2) is 4.98 Å². The highest BCUT2D eigenvalue weighted by Crippen LogP contribution is 2.47. The number of likely N-dealkylation sites (tertiary alicyclic amines) is 1.